The second kappa shape index (κ2) is 7.86. The van der Waals surface area contributed by atoms with E-state index in [9.17, 15) is 28.8 Å². The fourth-order valence-corrected chi connectivity index (χ4v) is 2.43. The second-order valence-corrected chi connectivity index (χ2v) is 5.86. The van der Waals surface area contributed by atoms with E-state index < -0.39 is 41.5 Å². The van der Waals surface area contributed by atoms with E-state index in [-0.39, 0.29) is 38.5 Å². The molecule has 1 aliphatic heterocycles. The van der Waals surface area contributed by atoms with Gasteiger partial charge in [-0.1, -0.05) is 0 Å². The van der Waals surface area contributed by atoms with Gasteiger partial charge >= 0.3 is 11.9 Å². The van der Waals surface area contributed by atoms with Gasteiger partial charge in [-0.25, -0.2) is 9.59 Å². The summed E-state index contributed by atoms with van der Waals surface area (Å²) < 4.78 is 0. The molecule has 3 amide bonds. The van der Waals surface area contributed by atoms with Gasteiger partial charge in [-0.3, -0.25) is 14.4 Å². The summed E-state index contributed by atoms with van der Waals surface area (Å²) in [4.78, 5) is 77.9. The average molecular weight is 354 g/mol. The van der Waals surface area contributed by atoms with Gasteiger partial charge in [0.1, 0.15) is 6.29 Å². The molecule has 136 valence electrons. The van der Waals surface area contributed by atoms with Gasteiger partial charge in [0.25, 0.3) is 17.7 Å². The van der Waals surface area contributed by atoms with Crippen molar-refractivity contribution in [1.29, 1.82) is 0 Å². The lowest BCUT2D eigenvalue weighted by molar-refractivity contribution is -0.209. The maximum Gasteiger partial charge on any atom is 0.336 e. The zero-order valence-corrected chi connectivity index (χ0v) is 13.6. The molecule has 0 aromatic heterocycles. The van der Waals surface area contributed by atoms with Crippen molar-refractivity contribution in [3.63, 3.8) is 0 Å². The van der Waals surface area contributed by atoms with Crippen molar-refractivity contribution >= 4 is 35.9 Å². The van der Waals surface area contributed by atoms with Crippen molar-refractivity contribution < 1.29 is 38.4 Å². The second-order valence-electron chi connectivity index (χ2n) is 5.86. The maximum absolute atomic E-state index is 11.9. The highest BCUT2D eigenvalue weighted by Crippen LogP contribution is 2.36. The molecule has 0 unspecified atom stereocenters. The minimum Gasteiger partial charge on any atom is -0.338 e. The number of amides is 3. The molecule has 10 nitrogen and oxygen atoms in total. The topological polar surface area (TPSA) is 127 Å². The number of carbonyl (C=O) groups excluding carboxylic acids is 6. The molecule has 0 N–H and O–H groups in total. The minimum atomic E-state index is -0.747. The van der Waals surface area contributed by atoms with Crippen molar-refractivity contribution in [1.82, 2.24) is 10.1 Å². The molecule has 1 saturated carbocycles. The van der Waals surface area contributed by atoms with Crippen LogP contribution in [-0.2, 0) is 38.4 Å². The van der Waals surface area contributed by atoms with Crippen LogP contribution in [-0.4, -0.2) is 53.1 Å². The number of imide groups is 1. The SMILES string of the molecule is CN(OC(=O)C1CC(C(=O)ON2C(=O)CCC2=O)C1)C(=O)CCC=O. The third-order valence-corrected chi connectivity index (χ3v) is 4.05. The van der Waals surface area contributed by atoms with Crippen molar-refractivity contribution in [3.8, 4) is 0 Å². The van der Waals surface area contributed by atoms with Gasteiger partial charge in [0.05, 0.1) is 11.8 Å². The lowest BCUT2D eigenvalue weighted by Crippen LogP contribution is -2.43. The van der Waals surface area contributed by atoms with Crippen molar-refractivity contribution in [2.45, 2.75) is 38.5 Å². The summed E-state index contributed by atoms with van der Waals surface area (Å²) in [7, 11) is 1.26. The van der Waals surface area contributed by atoms with Crippen molar-refractivity contribution in [3.05, 3.63) is 0 Å². The van der Waals surface area contributed by atoms with Gasteiger partial charge in [0.15, 0.2) is 0 Å². The Morgan fingerprint density at radius 3 is 2.24 bits per heavy atom. The van der Waals surface area contributed by atoms with Crippen LogP contribution < -0.4 is 0 Å². The first-order valence-electron chi connectivity index (χ1n) is 7.83. The van der Waals surface area contributed by atoms with E-state index in [0.717, 1.165) is 5.06 Å². The molecule has 1 saturated heterocycles. The third-order valence-electron chi connectivity index (χ3n) is 4.05. The highest BCUT2D eigenvalue weighted by atomic mass is 16.7. The predicted octanol–water partition coefficient (Wildman–Crippen LogP) is -0.485. The lowest BCUT2D eigenvalue weighted by atomic mass is 9.75. The molecular weight excluding hydrogens is 336 g/mol. The summed E-state index contributed by atoms with van der Waals surface area (Å²) in [5, 5.41) is 1.23. The first kappa shape index (κ1) is 18.6. The Balaban J connectivity index is 1.73. The molecule has 10 heteroatoms. The molecule has 0 bridgehead atoms. The van der Waals surface area contributed by atoms with Gasteiger partial charge < -0.3 is 14.5 Å². The van der Waals surface area contributed by atoms with Crippen molar-refractivity contribution in [2.24, 2.45) is 11.8 Å². The third kappa shape index (κ3) is 4.40. The van der Waals surface area contributed by atoms with Crippen LogP contribution in [0.1, 0.15) is 38.5 Å². The fourth-order valence-electron chi connectivity index (χ4n) is 2.43. The molecule has 2 rings (SSSR count). The normalized spacial score (nSPS) is 22.2. The van der Waals surface area contributed by atoms with E-state index in [1.54, 1.807) is 0 Å². The molecule has 2 fully saturated rings. The largest absolute Gasteiger partial charge is 0.338 e. The summed E-state index contributed by atoms with van der Waals surface area (Å²) in [5.41, 5.74) is 0. The fraction of sp³-hybridized carbons (Fsp3) is 0.600. The Labute approximate surface area is 142 Å². The quantitative estimate of drug-likeness (QED) is 0.355. The van der Waals surface area contributed by atoms with Crippen LogP contribution in [0.25, 0.3) is 0 Å². The van der Waals surface area contributed by atoms with E-state index in [1.807, 2.05) is 0 Å². The number of nitrogens with zero attached hydrogens (tertiary/aromatic N) is 2. The summed E-state index contributed by atoms with van der Waals surface area (Å²) in [6, 6.07) is 0. The molecule has 0 radical (unpaired) electrons. The van der Waals surface area contributed by atoms with E-state index in [4.69, 9.17) is 9.68 Å². The van der Waals surface area contributed by atoms with Crippen LogP contribution >= 0.6 is 0 Å². The van der Waals surface area contributed by atoms with Crippen LogP contribution in [0.3, 0.4) is 0 Å². The highest BCUT2D eigenvalue weighted by molar-refractivity contribution is 6.01. The van der Waals surface area contributed by atoms with Crippen LogP contribution in [0.4, 0.5) is 0 Å². The monoisotopic (exact) mass is 354 g/mol. The molecule has 0 atom stereocenters. The number of hydroxylamine groups is 4. The first-order chi connectivity index (χ1) is 11.8. The number of aldehydes is 1. The summed E-state index contributed by atoms with van der Waals surface area (Å²) in [6.07, 6.45) is 0.864. The Morgan fingerprint density at radius 1 is 1.12 bits per heavy atom. The highest BCUT2D eigenvalue weighted by Gasteiger charge is 2.44. The smallest absolute Gasteiger partial charge is 0.336 e. The number of hydrogen-bond acceptors (Lipinski definition) is 8. The first-order valence-corrected chi connectivity index (χ1v) is 7.83. The number of rotatable bonds is 6. The van der Waals surface area contributed by atoms with Crippen LogP contribution in [0.2, 0.25) is 0 Å². The standard InChI is InChI=1S/C15H18N2O8/c1-16(11(19)3-2-6-18)24-14(22)9-7-10(8-9)15(23)25-17-12(20)4-5-13(17)21/h6,9-10H,2-5,7-8H2,1H3. The lowest BCUT2D eigenvalue weighted by Gasteiger charge is -2.32. The van der Waals surface area contributed by atoms with E-state index in [0.29, 0.717) is 11.3 Å². The summed E-state index contributed by atoms with van der Waals surface area (Å²) in [6.45, 7) is 0. The predicted molar refractivity (Wildman–Crippen MR) is 77.6 cm³/mol. The maximum atomic E-state index is 11.9. The minimum absolute atomic E-state index is 0.0101. The molecule has 0 aromatic carbocycles. The molecule has 1 heterocycles. The molecule has 0 aromatic rings. The Morgan fingerprint density at radius 2 is 1.68 bits per heavy atom. The Bertz CT molecular complexity index is 595. The van der Waals surface area contributed by atoms with Gasteiger partial charge in [0.2, 0.25) is 0 Å². The molecule has 0 spiro atoms. The Kier molecular flexibility index (Phi) is 5.84. The number of carbonyl (C=O) groups is 6. The average Bonchev–Trinajstić information content (AvgIpc) is 2.82. The van der Waals surface area contributed by atoms with Crippen LogP contribution in [0.5, 0.6) is 0 Å². The van der Waals surface area contributed by atoms with Crippen molar-refractivity contribution in [2.75, 3.05) is 7.05 Å². The zero-order chi connectivity index (χ0) is 18.6. The summed E-state index contributed by atoms with van der Waals surface area (Å²) >= 11 is 0. The molecule has 2 aliphatic rings. The molecule has 25 heavy (non-hydrogen) atoms. The van der Waals surface area contributed by atoms with Gasteiger partial charge in [-0.05, 0) is 12.8 Å². The van der Waals surface area contributed by atoms with E-state index in [1.165, 1.54) is 7.05 Å². The Hall–Kier alpha value is -2.78. The van der Waals surface area contributed by atoms with Crippen LogP contribution in [0.15, 0.2) is 0 Å². The van der Waals surface area contributed by atoms with Gasteiger partial charge in [-0.2, -0.15) is 5.06 Å². The van der Waals surface area contributed by atoms with Crippen LogP contribution in [0, 0.1) is 11.8 Å². The molecular formula is C15H18N2O8. The van der Waals surface area contributed by atoms with E-state index in [2.05, 4.69) is 0 Å². The molecule has 1 aliphatic carbocycles. The van der Waals surface area contributed by atoms with Gasteiger partial charge in [0, 0.05) is 32.7 Å². The summed E-state index contributed by atoms with van der Waals surface area (Å²) in [5.74, 6) is -4.25. The van der Waals surface area contributed by atoms with E-state index >= 15 is 0 Å². The zero-order valence-electron chi connectivity index (χ0n) is 13.6. The number of hydrogen-bond donors (Lipinski definition) is 0. The van der Waals surface area contributed by atoms with Gasteiger partial charge in [-0.15, -0.1) is 5.06 Å².